The lowest BCUT2D eigenvalue weighted by Crippen LogP contribution is -2.05. The molecule has 3 aromatic heterocycles. The highest BCUT2D eigenvalue weighted by Crippen LogP contribution is 2.33. The minimum atomic E-state index is 0.357. The monoisotopic (exact) mass is 427 g/mol. The van der Waals surface area contributed by atoms with E-state index in [0.29, 0.717) is 17.6 Å². The lowest BCUT2D eigenvalue weighted by atomic mass is 10.0. The van der Waals surface area contributed by atoms with Crippen molar-refractivity contribution in [1.82, 2.24) is 24.7 Å². The molecule has 0 aliphatic heterocycles. The average molecular weight is 428 g/mol. The van der Waals surface area contributed by atoms with Crippen molar-refractivity contribution in [3.63, 3.8) is 0 Å². The first-order valence-electron chi connectivity index (χ1n) is 10.1. The molecule has 0 fully saturated rings. The van der Waals surface area contributed by atoms with Crippen molar-refractivity contribution < 1.29 is 4.42 Å². The van der Waals surface area contributed by atoms with Gasteiger partial charge in [0, 0.05) is 18.0 Å². The Morgan fingerprint density at radius 3 is 2.61 bits per heavy atom. The van der Waals surface area contributed by atoms with Crippen molar-refractivity contribution in [2.45, 2.75) is 30.7 Å². The summed E-state index contributed by atoms with van der Waals surface area (Å²) in [5, 5.41) is 9.82. The van der Waals surface area contributed by atoms with Gasteiger partial charge < -0.3 is 4.42 Å². The van der Waals surface area contributed by atoms with Crippen molar-refractivity contribution in [2.24, 2.45) is 0 Å². The van der Waals surface area contributed by atoms with Crippen LogP contribution in [0, 0.1) is 0 Å². The Morgan fingerprint density at radius 1 is 0.968 bits per heavy atom. The number of pyridine rings is 1. The van der Waals surface area contributed by atoms with E-state index >= 15 is 0 Å². The standard InChI is InChI=1S/C24H21N5OS/c1-16(2)18-9-3-5-11-20(18)29-23(17-8-7-13-25-14-17)27-28-24(29)31-15-22-26-19-10-4-6-12-21(19)30-22/h3-14,16H,15H2,1-2H3. The van der Waals surface area contributed by atoms with Crippen molar-refractivity contribution in [2.75, 3.05) is 0 Å². The molecule has 0 unspecified atom stereocenters. The smallest absolute Gasteiger partial charge is 0.205 e. The lowest BCUT2D eigenvalue weighted by Gasteiger charge is -2.16. The minimum Gasteiger partial charge on any atom is -0.440 e. The van der Waals surface area contributed by atoms with E-state index in [-0.39, 0.29) is 0 Å². The van der Waals surface area contributed by atoms with Gasteiger partial charge in [-0.1, -0.05) is 55.9 Å². The van der Waals surface area contributed by atoms with Crippen LogP contribution in [0.4, 0.5) is 0 Å². The number of nitrogens with zero attached hydrogens (tertiary/aromatic N) is 5. The number of aromatic nitrogens is 5. The van der Waals surface area contributed by atoms with Crippen molar-refractivity contribution in [1.29, 1.82) is 0 Å². The number of hydrogen-bond donors (Lipinski definition) is 0. The van der Waals surface area contributed by atoms with E-state index in [1.807, 2.05) is 48.7 Å². The third-order valence-corrected chi connectivity index (χ3v) is 5.93. The van der Waals surface area contributed by atoms with Gasteiger partial charge in [-0.2, -0.15) is 0 Å². The zero-order valence-electron chi connectivity index (χ0n) is 17.3. The van der Waals surface area contributed by atoms with Crippen molar-refractivity contribution in [3.05, 3.63) is 84.5 Å². The molecule has 0 amide bonds. The zero-order valence-corrected chi connectivity index (χ0v) is 18.1. The van der Waals surface area contributed by atoms with Crippen LogP contribution < -0.4 is 0 Å². The third-order valence-electron chi connectivity index (χ3n) is 5.02. The summed E-state index contributed by atoms with van der Waals surface area (Å²) >= 11 is 1.56. The summed E-state index contributed by atoms with van der Waals surface area (Å²) in [6, 6.07) is 20.1. The normalized spacial score (nSPS) is 11.5. The van der Waals surface area contributed by atoms with E-state index in [9.17, 15) is 0 Å². The van der Waals surface area contributed by atoms with Crippen LogP contribution in [0.15, 0.2) is 82.6 Å². The summed E-state index contributed by atoms with van der Waals surface area (Å²) in [7, 11) is 0. The number of fused-ring (bicyclic) bond motifs is 1. The molecule has 0 aliphatic carbocycles. The molecular formula is C24H21N5OS. The second-order valence-electron chi connectivity index (χ2n) is 7.46. The Hall–Kier alpha value is -3.45. The second-order valence-corrected chi connectivity index (χ2v) is 8.40. The molecule has 2 aromatic carbocycles. The van der Waals surface area contributed by atoms with Crippen LogP contribution in [-0.2, 0) is 5.75 Å². The number of rotatable bonds is 6. The Bertz CT molecular complexity index is 1290. The van der Waals surface area contributed by atoms with Crippen LogP contribution in [0.1, 0.15) is 31.2 Å². The summed E-state index contributed by atoms with van der Waals surface area (Å²) in [6.07, 6.45) is 3.57. The first kappa shape index (κ1) is 19.5. The molecule has 5 aromatic rings. The Morgan fingerprint density at radius 2 is 1.81 bits per heavy atom. The highest BCUT2D eigenvalue weighted by Gasteiger charge is 2.20. The molecular weight excluding hydrogens is 406 g/mol. The number of benzene rings is 2. The van der Waals surface area contributed by atoms with Crippen molar-refractivity contribution in [3.8, 4) is 17.1 Å². The molecule has 0 aliphatic rings. The molecule has 3 heterocycles. The molecule has 0 N–H and O–H groups in total. The Labute approximate surface area is 184 Å². The average Bonchev–Trinajstić information content (AvgIpc) is 3.42. The summed E-state index contributed by atoms with van der Waals surface area (Å²) in [4.78, 5) is 8.85. The van der Waals surface area contributed by atoms with Crippen LogP contribution in [0.3, 0.4) is 0 Å². The molecule has 31 heavy (non-hydrogen) atoms. The van der Waals surface area contributed by atoms with E-state index < -0.39 is 0 Å². The number of para-hydroxylation sites is 3. The molecule has 0 saturated heterocycles. The topological polar surface area (TPSA) is 69.6 Å². The molecule has 0 bridgehead atoms. The van der Waals surface area contributed by atoms with Crippen LogP contribution >= 0.6 is 11.8 Å². The fourth-order valence-electron chi connectivity index (χ4n) is 3.55. The molecule has 154 valence electrons. The first-order valence-corrected chi connectivity index (χ1v) is 11.1. The quantitative estimate of drug-likeness (QED) is 0.315. The zero-order chi connectivity index (χ0) is 21.2. The van der Waals surface area contributed by atoms with Gasteiger partial charge in [-0.15, -0.1) is 10.2 Å². The lowest BCUT2D eigenvalue weighted by molar-refractivity contribution is 0.556. The van der Waals surface area contributed by atoms with Gasteiger partial charge in [0.05, 0.1) is 11.4 Å². The molecule has 0 radical (unpaired) electrons. The molecule has 0 spiro atoms. The summed E-state index contributed by atoms with van der Waals surface area (Å²) in [5.74, 6) is 2.35. The second kappa shape index (κ2) is 8.35. The van der Waals surface area contributed by atoms with Crippen LogP contribution in [0.25, 0.3) is 28.2 Å². The maximum Gasteiger partial charge on any atom is 0.205 e. The number of hydrogen-bond acceptors (Lipinski definition) is 6. The van der Waals surface area contributed by atoms with E-state index in [1.54, 1.807) is 18.0 Å². The van der Waals surface area contributed by atoms with Gasteiger partial charge in [0.25, 0.3) is 0 Å². The molecule has 6 nitrogen and oxygen atoms in total. The van der Waals surface area contributed by atoms with Gasteiger partial charge in [-0.3, -0.25) is 9.55 Å². The highest BCUT2D eigenvalue weighted by atomic mass is 32.2. The van der Waals surface area contributed by atoms with E-state index in [2.05, 4.69) is 56.8 Å². The molecule has 7 heteroatoms. The molecule has 0 saturated carbocycles. The first-order chi connectivity index (χ1) is 15.2. The highest BCUT2D eigenvalue weighted by molar-refractivity contribution is 7.98. The van der Waals surface area contributed by atoms with Gasteiger partial charge >= 0.3 is 0 Å². The van der Waals surface area contributed by atoms with Crippen LogP contribution in [-0.4, -0.2) is 24.7 Å². The van der Waals surface area contributed by atoms with E-state index in [1.165, 1.54) is 5.56 Å². The third kappa shape index (κ3) is 3.84. The van der Waals surface area contributed by atoms with Crippen molar-refractivity contribution >= 4 is 22.9 Å². The van der Waals surface area contributed by atoms with Gasteiger partial charge in [0.2, 0.25) is 5.89 Å². The minimum absolute atomic E-state index is 0.357. The summed E-state index contributed by atoms with van der Waals surface area (Å²) < 4.78 is 8.00. The van der Waals surface area contributed by atoms with Gasteiger partial charge in [-0.05, 0) is 41.8 Å². The summed E-state index contributed by atoms with van der Waals surface area (Å²) in [6.45, 7) is 4.39. The summed E-state index contributed by atoms with van der Waals surface area (Å²) in [5.41, 5.74) is 4.88. The predicted octanol–water partition coefficient (Wildman–Crippen LogP) is 5.89. The Kier molecular flexibility index (Phi) is 5.26. The predicted molar refractivity (Wildman–Crippen MR) is 122 cm³/mol. The van der Waals surface area contributed by atoms with Gasteiger partial charge in [0.15, 0.2) is 16.6 Å². The van der Waals surface area contributed by atoms with E-state index in [0.717, 1.165) is 33.3 Å². The Balaban J connectivity index is 1.57. The SMILES string of the molecule is CC(C)c1ccccc1-n1c(SCc2nc3ccccc3o2)nnc1-c1cccnc1. The fraction of sp³-hybridized carbons (Fsp3) is 0.167. The molecule has 0 atom stereocenters. The van der Waals surface area contributed by atoms with Gasteiger partial charge in [-0.25, -0.2) is 4.98 Å². The number of oxazole rings is 1. The van der Waals surface area contributed by atoms with Gasteiger partial charge in [0.1, 0.15) is 5.52 Å². The van der Waals surface area contributed by atoms with E-state index in [4.69, 9.17) is 4.42 Å². The molecule has 5 rings (SSSR count). The van der Waals surface area contributed by atoms with Crippen LogP contribution in [0.2, 0.25) is 0 Å². The van der Waals surface area contributed by atoms with Crippen LogP contribution in [0.5, 0.6) is 0 Å². The maximum absolute atomic E-state index is 5.89. The maximum atomic E-state index is 5.89. The largest absolute Gasteiger partial charge is 0.440 e. The fourth-order valence-corrected chi connectivity index (χ4v) is 4.34. The number of thioether (sulfide) groups is 1.